The molecule has 248 valence electrons. The smallest absolute Gasteiger partial charge is 0.355 e. The van der Waals surface area contributed by atoms with Crippen molar-refractivity contribution in [3.8, 4) is 28.1 Å². The van der Waals surface area contributed by atoms with Crippen molar-refractivity contribution in [2.75, 3.05) is 37.4 Å². The number of nitrogens with zero attached hydrogens (tertiary/aromatic N) is 5. The summed E-state index contributed by atoms with van der Waals surface area (Å²) >= 11 is 0. The van der Waals surface area contributed by atoms with Gasteiger partial charge in [-0.15, -0.1) is 0 Å². The van der Waals surface area contributed by atoms with E-state index < -0.39 is 27.7 Å². The molecule has 0 spiro atoms. The van der Waals surface area contributed by atoms with Gasteiger partial charge in [-0.1, -0.05) is 18.2 Å². The summed E-state index contributed by atoms with van der Waals surface area (Å²) in [4.78, 5) is 4.45. The predicted molar refractivity (Wildman–Crippen MR) is 169 cm³/mol. The molecule has 1 saturated heterocycles. The number of ether oxygens (including phenoxy) is 3. The molecule has 0 amide bonds. The average molecular weight is 672 g/mol. The van der Waals surface area contributed by atoms with E-state index >= 15 is 0 Å². The summed E-state index contributed by atoms with van der Waals surface area (Å²) in [5, 5.41) is 9.84. The topological polar surface area (TPSA) is 148 Å². The summed E-state index contributed by atoms with van der Waals surface area (Å²) in [6.07, 6.45) is 6.21. The maximum Gasteiger partial charge on any atom is 0.355 e. The van der Waals surface area contributed by atoms with Crippen LogP contribution in [-0.2, 0) is 26.5 Å². The molecule has 2 aromatic carbocycles. The maximum absolute atomic E-state index is 13.7. The monoisotopic (exact) mass is 671 g/mol. The van der Waals surface area contributed by atoms with Gasteiger partial charge in [0.1, 0.15) is 29.2 Å². The van der Waals surface area contributed by atoms with Crippen LogP contribution in [0.1, 0.15) is 30.6 Å². The Morgan fingerprint density at radius 2 is 1.85 bits per heavy atom. The quantitative estimate of drug-likeness (QED) is 0.191. The molecule has 3 aromatic heterocycles. The molecular weight excluding hydrogens is 639 g/mol. The molecule has 5 aromatic rings. The van der Waals surface area contributed by atoms with Gasteiger partial charge in [0.15, 0.2) is 0 Å². The largest absolute Gasteiger partial charge is 0.481 e. The van der Waals surface area contributed by atoms with E-state index in [1.54, 1.807) is 24.1 Å². The number of benzene rings is 2. The molecule has 0 saturated carbocycles. The van der Waals surface area contributed by atoms with Crippen LogP contribution >= 0.6 is 0 Å². The number of aryl methyl sites for hydroxylation is 1. The van der Waals surface area contributed by atoms with Crippen LogP contribution in [0.25, 0.3) is 33.3 Å². The molecule has 0 unspecified atom stereocenters. The van der Waals surface area contributed by atoms with Crippen molar-refractivity contribution >= 4 is 32.4 Å². The summed E-state index contributed by atoms with van der Waals surface area (Å²) < 4.78 is 87.2. The van der Waals surface area contributed by atoms with E-state index in [-0.39, 0.29) is 29.9 Å². The molecular formula is C31H32F3N7O5S. The summed E-state index contributed by atoms with van der Waals surface area (Å²) in [6, 6.07) is 9.92. The Kier molecular flexibility index (Phi) is 9.07. The van der Waals surface area contributed by atoms with E-state index in [2.05, 4.69) is 10.1 Å². The van der Waals surface area contributed by atoms with Gasteiger partial charge < -0.3 is 19.9 Å². The Morgan fingerprint density at radius 3 is 2.55 bits per heavy atom. The van der Waals surface area contributed by atoms with Crippen molar-refractivity contribution in [1.82, 2.24) is 24.5 Å². The van der Waals surface area contributed by atoms with Crippen molar-refractivity contribution < 1.29 is 35.8 Å². The van der Waals surface area contributed by atoms with Crippen molar-refractivity contribution in [2.45, 2.75) is 30.7 Å². The van der Waals surface area contributed by atoms with Gasteiger partial charge in [-0.3, -0.25) is 14.1 Å². The molecule has 1 atom stereocenters. The first-order valence-corrected chi connectivity index (χ1v) is 16.2. The summed E-state index contributed by atoms with van der Waals surface area (Å²) in [5.41, 5.74) is 9.73. The minimum absolute atomic E-state index is 0.0226. The number of pyridine rings is 1. The number of sulfonamides is 1. The second-order valence-corrected chi connectivity index (χ2v) is 12.7. The Labute approximate surface area is 268 Å². The van der Waals surface area contributed by atoms with Crippen LogP contribution in [0.4, 0.5) is 24.7 Å². The van der Waals surface area contributed by atoms with E-state index in [1.807, 2.05) is 15.6 Å². The van der Waals surface area contributed by atoms with Crippen molar-refractivity contribution in [3.63, 3.8) is 0 Å². The van der Waals surface area contributed by atoms with Crippen molar-refractivity contribution in [3.05, 3.63) is 72.4 Å². The van der Waals surface area contributed by atoms with E-state index in [9.17, 15) is 21.6 Å². The van der Waals surface area contributed by atoms with Crippen LogP contribution < -0.4 is 15.2 Å². The number of nitrogens with one attached hydrogen (secondary N) is 1. The Hall–Kier alpha value is -4.67. The Morgan fingerprint density at radius 1 is 1.11 bits per heavy atom. The van der Waals surface area contributed by atoms with Gasteiger partial charge in [-0.25, -0.2) is 17.8 Å². The fraction of sp³-hybridized carbons (Fsp3) is 0.323. The summed E-state index contributed by atoms with van der Waals surface area (Å²) in [7, 11) is -1.88. The minimum atomic E-state index is -5.06. The van der Waals surface area contributed by atoms with Gasteiger partial charge in [0.25, 0.3) is 10.0 Å². The van der Waals surface area contributed by atoms with Crippen LogP contribution in [0.15, 0.2) is 61.1 Å². The first kappa shape index (κ1) is 32.3. The van der Waals surface area contributed by atoms with Crippen LogP contribution in [0.3, 0.4) is 0 Å². The van der Waals surface area contributed by atoms with Crippen LogP contribution in [-0.4, -0.2) is 65.7 Å². The van der Waals surface area contributed by atoms with E-state index in [4.69, 9.17) is 25.0 Å². The lowest BCUT2D eigenvalue weighted by Gasteiger charge is -2.22. The van der Waals surface area contributed by atoms with Crippen LogP contribution in [0.2, 0.25) is 0 Å². The number of fused-ring (bicyclic) bond motifs is 1. The molecule has 1 aliphatic rings. The fourth-order valence-electron chi connectivity index (χ4n) is 5.60. The molecule has 6 rings (SSSR count). The van der Waals surface area contributed by atoms with E-state index in [0.29, 0.717) is 40.9 Å². The third kappa shape index (κ3) is 6.61. The molecule has 3 N–H and O–H groups in total. The summed E-state index contributed by atoms with van der Waals surface area (Å²) in [5.74, 6) is -4.07. The molecule has 1 aliphatic heterocycles. The number of nitrogens with two attached hydrogens (primary N) is 1. The second kappa shape index (κ2) is 13.2. The Bertz CT molecular complexity index is 1990. The number of alkyl halides is 2. The zero-order valence-electron chi connectivity index (χ0n) is 25.4. The van der Waals surface area contributed by atoms with Gasteiger partial charge in [-0.05, 0) is 42.7 Å². The zero-order chi connectivity index (χ0) is 33.3. The highest BCUT2D eigenvalue weighted by atomic mass is 32.2. The van der Waals surface area contributed by atoms with Crippen molar-refractivity contribution in [2.24, 2.45) is 7.05 Å². The second-order valence-electron chi connectivity index (χ2n) is 11.0. The average Bonchev–Trinajstić information content (AvgIpc) is 3.69. The number of aromatic nitrogens is 5. The molecule has 1 fully saturated rings. The van der Waals surface area contributed by atoms with E-state index in [0.717, 1.165) is 24.0 Å². The molecule has 0 aliphatic carbocycles. The SMILES string of the molecule is COC[C@H](Oc1cc(-c2nn(C)c3c(-c4cnn(C5CCOCC5)c4)cnc(N)c23)ccc1NS(=O)(=O)C(F)F)c1ccc(F)cc1. The Balaban J connectivity index is 1.44. The lowest BCUT2D eigenvalue weighted by Crippen LogP contribution is -2.21. The van der Waals surface area contributed by atoms with E-state index in [1.165, 1.54) is 49.6 Å². The third-order valence-electron chi connectivity index (χ3n) is 7.94. The minimum Gasteiger partial charge on any atom is -0.481 e. The lowest BCUT2D eigenvalue weighted by molar-refractivity contribution is 0.0662. The van der Waals surface area contributed by atoms with Crippen LogP contribution in [0.5, 0.6) is 5.75 Å². The molecule has 4 heterocycles. The highest BCUT2D eigenvalue weighted by Gasteiger charge is 2.28. The molecule has 16 heteroatoms. The van der Waals surface area contributed by atoms with Crippen LogP contribution in [0, 0.1) is 5.82 Å². The van der Waals surface area contributed by atoms with Gasteiger partial charge in [-0.2, -0.15) is 19.0 Å². The van der Waals surface area contributed by atoms with Gasteiger partial charge in [0, 0.05) is 56.5 Å². The maximum atomic E-state index is 13.7. The van der Waals surface area contributed by atoms with Crippen molar-refractivity contribution in [1.29, 1.82) is 0 Å². The number of hydrogen-bond donors (Lipinski definition) is 2. The lowest BCUT2D eigenvalue weighted by atomic mass is 10.0. The first-order chi connectivity index (χ1) is 22.6. The number of hydrogen-bond acceptors (Lipinski definition) is 9. The number of halogens is 3. The number of methoxy groups -OCH3 is 1. The van der Waals surface area contributed by atoms with Gasteiger partial charge in [0.2, 0.25) is 0 Å². The molecule has 0 bridgehead atoms. The molecule has 47 heavy (non-hydrogen) atoms. The van der Waals surface area contributed by atoms with Gasteiger partial charge in [0.05, 0.1) is 35.4 Å². The number of nitrogen functional groups attached to an aromatic ring is 1. The van der Waals surface area contributed by atoms with Gasteiger partial charge >= 0.3 is 5.76 Å². The fourth-order valence-corrected chi connectivity index (χ4v) is 6.17. The number of anilines is 2. The molecule has 12 nitrogen and oxygen atoms in total. The number of rotatable bonds is 11. The molecule has 0 radical (unpaired) electrons. The normalized spacial score (nSPS) is 14.9. The highest BCUT2D eigenvalue weighted by molar-refractivity contribution is 7.93. The standard InChI is InChI=1S/C31H32F3N7O5S/c1-40-29-23(20-14-37-41(16-20)22-9-11-45-12-10-22)15-36-30(35)27(29)28(38-40)19-5-8-24(39-47(42,43)31(33)34)25(13-19)46-26(17-44-2)18-3-6-21(32)7-4-18/h3-8,13-16,22,26,31,39H,9-12,17H2,1-2H3,(H2,35,36)/t26-/m0/s1. The predicted octanol–water partition coefficient (Wildman–Crippen LogP) is 5.30. The first-order valence-electron chi connectivity index (χ1n) is 14.6. The zero-order valence-corrected chi connectivity index (χ0v) is 26.3. The third-order valence-corrected chi connectivity index (χ3v) is 8.91. The highest BCUT2D eigenvalue weighted by Crippen LogP contribution is 2.40. The summed E-state index contributed by atoms with van der Waals surface area (Å²) in [6.45, 7) is 1.32.